The van der Waals surface area contributed by atoms with E-state index in [1.54, 1.807) is 13.4 Å². The first kappa shape index (κ1) is 24.2. The molecule has 34 heavy (non-hydrogen) atoms. The smallest absolute Gasteiger partial charge is 0.247 e. The molecule has 1 aliphatic heterocycles. The van der Waals surface area contributed by atoms with Gasteiger partial charge in [-0.25, -0.2) is 0 Å². The third kappa shape index (κ3) is 4.81. The molecule has 0 spiro atoms. The average Bonchev–Trinajstić information content (AvgIpc) is 2.84. The highest BCUT2D eigenvalue weighted by atomic mass is 32.2. The maximum Gasteiger partial charge on any atom is 0.247 e. The summed E-state index contributed by atoms with van der Waals surface area (Å²) in [4.78, 5) is 18.2. The van der Waals surface area contributed by atoms with E-state index in [4.69, 9.17) is 4.74 Å². The van der Waals surface area contributed by atoms with E-state index >= 15 is 0 Å². The Morgan fingerprint density at radius 2 is 1.79 bits per heavy atom. The molecule has 0 saturated carbocycles. The van der Waals surface area contributed by atoms with Crippen molar-refractivity contribution in [3.05, 3.63) is 71.8 Å². The Hall–Kier alpha value is -2.90. The normalized spacial score (nSPS) is 21.9. The minimum Gasteiger partial charge on any atom is -0.495 e. The maximum absolute atomic E-state index is 13.6. The molecule has 1 fully saturated rings. The standard InChI is InChI=1S/C27H33N3O3S/c1-20-19-27(34(4)32,13-12-23(20)21-8-6-5-7-9-21)26(31)28-22-10-11-25(33-3)24(18-22)30-16-14-29(2)15-17-30/h5-13,18H,14-17,19H2,1-4H3,(H,28,31). The highest BCUT2D eigenvalue weighted by Crippen LogP contribution is 2.37. The zero-order valence-corrected chi connectivity index (χ0v) is 21.2. The minimum absolute atomic E-state index is 0.259. The minimum atomic E-state index is -1.40. The number of rotatable bonds is 6. The number of hydrogen-bond donors (Lipinski definition) is 1. The molecule has 2 aromatic carbocycles. The van der Waals surface area contributed by atoms with Crippen LogP contribution in [-0.2, 0) is 15.6 Å². The van der Waals surface area contributed by atoms with Crippen molar-refractivity contribution in [2.24, 2.45) is 0 Å². The third-order valence-electron chi connectivity index (χ3n) is 6.77. The van der Waals surface area contributed by atoms with Crippen LogP contribution in [0, 0.1) is 0 Å². The number of anilines is 2. The summed E-state index contributed by atoms with van der Waals surface area (Å²) in [6, 6.07) is 15.8. The number of likely N-dealkylation sites (N-methyl/N-ethyl adjacent to an activating group) is 1. The molecule has 7 heteroatoms. The van der Waals surface area contributed by atoms with Gasteiger partial charge in [0.05, 0.1) is 12.8 Å². The second kappa shape index (κ2) is 10.2. The molecule has 2 aliphatic rings. The first-order chi connectivity index (χ1) is 16.3. The summed E-state index contributed by atoms with van der Waals surface area (Å²) in [7, 11) is 2.38. The van der Waals surface area contributed by atoms with Crippen molar-refractivity contribution in [3.63, 3.8) is 0 Å². The Labute approximate surface area is 204 Å². The van der Waals surface area contributed by atoms with Crippen LogP contribution in [0.25, 0.3) is 5.57 Å². The highest BCUT2D eigenvalue weighted by molar-refractivity contribution is 7.86. The van der Waals surface area contributed by atoms with E-state index in [1.807, 2.05) is 55.5 Å². The van der Waals surface area contributed by atoms with Crippen LogP contribution in [0.1, 0.15) is 18.9 Å². The van der Waals surface area contributed by atoms with Gasteiger partial charge in [0.15, 0.2) is 0 Å². The Morgan fingerprint density at radius 1 is 1.09 bits per heavy atom. The van der Waals surface area contributed by atoms with Gasteiger partial charge in [-0.3, -0.25) is 9.00 Å². The Kier molecular flexibility index (Phi) is 7.24. The van der Waals surface area contributed by atoms with Gasteiger partial charge in [-0.15, -0.1) is 0 Å². The van der Waals surface area contributed by atoms with Crippen LogP contribution in [-0.4, -0.2) is 66.4 Å². The molecule has 1 aliphatic carbocycles. The van der Waals surface area contributed by atoms with Gasteiger partial charge in [-0.2, -0.15) is 0 Å². The summed E-state index contributed by atoms with van der Waals surface area (Å²) >= 11 is 0. The zero-order chi connectivity index (χ0) is 24.3. The van der Waals surface area contributed by atoms with Crippen LogP contribution < -0.4 is 15.0 Å². The van der Waals surface area contributed by atoms with Crippen LogP contribution in [0.15, 0.2) is 66.3 Å². The monoisotopic (exact) mass is 479 g/mol. The van der Waals surface area contributed by atoms with Crippen molar-refractivity contribution in [2.75, 3.05) is 56.8 Å². The molecule has 1 saturated heterocycles. The number of amides is 1. The fourth-order valence-electron chi connectivity index (χ4n) is 4.65. The number of nitrogens with one attached hydrogen (secondary N) is 1. The molecule has 1 amide bonds. The van der Waals surface area contributed by atoms with Crippen molar-refractivity contribution in [1.82, 2.24) is 4.90 Å². The van der Waals surface area contributed by atoms with Crippen molar-refractivity contribution < 1.29 is 13.7 Å². The number of carbonyl (C=O) groups is 1. The Balaban J connectivity index is 1.59. The summed E-state index contributed by atoms with van der Waals surface area (Å²) in [5, 5.41) is 3.05. The molecule has 1 N–H and O–H groups in total. The van der Waals surface area contributed by atoms with Gasteiger partial charge in [-0.1, -0.05) is 48.1 Å². The van der Waals surface area contributed by atoms with E-state index in [0.717, 1.165) is 54.3 Å². The van der Waals surface area contributed by atoms with E-state index < -0.39 is 15.5 Å². The lowest BCUT2D eigenvalue weighted by Crippen LogP contribution is -2.46. The summed E-state index contributed by atoms with van der Waals surface area (Å²) in [6.45, 7) is 5.74. The van der Waals surface area contributed by atoms with Crippen molar-refractivity contribution >= 4 is 33.7 Å². The zero-order valence-electron chi connectivity index (χ0n) is 20.3. The van der Waals surface area contributed by atoms with Crippen LogP contribution in [0.2, 0.25) is 0 Å². The van der Waals surface area contributed by atoms with Crippen molar-refractivity contribution in [2.45, 2.75) is 18.1 Å². The number of carbonyl (C=O) groups excluding carboxylic acids is 1. The second-order valence-electron chi connectivity index (χ2n) is 9.04. The first-order valence-electron chi connectivity index (χ1n) is 11.5. The lowest BCUT2D eigenvalue weighted by atomic mass is 9.86. The van der Waals surface area contributed by atoms with Crippen LogP contribution in [0.3, 0.4) is 0 Å². The summed E-state index contributed by atoms with van der Waals surface area (Å²) in [5.41, 5.74) is 4.86. The van der Waals surface area contributed by atoms with Gasteiger partial charge >= 0.3 is 0 Å². The molecule has 180 valence electrons. The molecule has 6 nitrogen and oxygen atoms in total. The molecular weight excluding hydrogens is 446 g/mol. The number of piperazine rings is 1. The van der Waals surface area contributed by atoms with Gasteiger partial charge < -0.3 is 19.9 Å². The predicted molar refractivity (Wildman–Crippen MR) is 141 cm³/mol. The van der Waals surface area contributed by atoms with E-state index in [-0.39, 0.29) is 5.91 Å². The number of methoxy groups -OCH3 is 1. The number of hydrogen-bond acceptors (Lipinski definition) is 5. The van der Waals surface area contributed by atoms with Gasteiger partial charge in [-0.05, 0) is 49.7 Å². The second-order valence-corrected chi connectivity index (χ2v) is 10.7. The SMILES string of the molecule is COc1ccc(NC(=O)C2(S(C)=O)C=CC(c3ccccc3)=C(C)C2)cc1N1CCN(C)CC1. The lowest BCUT2D eigenvalue weighted by Gasteiger charge is -2.35. The molecule has 0 bridgehead atoms. The lowest BCUT2D eigenvalue weighted by molar-refractivity contribution is -0.117. The van der Waals surface area contributed by atoms with Crippen LogP contribution in [0.5, 0.6) is 5.75 Å². The molecule has 2 unspecified atom stereocenters. The predicted octanol–water partition coefficient (Wildman–Crippen LogP) is 3.94. The summed E-state index contributed by atoms with van der Waals surface area (Å²) < 4.78 is 17.4. The summed E-state index contributed by atoms with van der Waals surface area (Å²) in [5.74, 6) is 0.519. The Bertz CT molecular complexity index is 1140. The molecule has 0 aromatic heterocycles. The van der Waals surface area contributed by atoms with Gasteiger partial charge in [0.25, 0.3) is 0 Å². The van der Waals surface area contributed by atoms with Gasteiger partial charge in [0, 0.05) is 48.9 Å². The molecule has 0 radical (unpaired) electrons. The van der Waals surface area contributed by atoms with E-state index in [2.05, 4.69) is 34.3 Å². The molecule has 2 atom stereocenters. The number of allylic oxidation sites excluding steroid dienone is 3. The third-order valence-corrected chi connectivity index (χ3v) is 8.26. The topological polar surface area (TPSA) is 61.9 Å². The van der Waals surface area contributed by atoms with E-state index in [0.29, 0.717) is 12.1 Å². The molecular formula is C27H33N3O3S. The number of nitrogens with zero attached hydrogens (tertiary/aromatic N) is 2. The van der Waals surface area contributed by atoms with Gasteiger partial charge in [0.2, 0.25) is 5.91 Å². The Morgan fingerprint density at radius 3 is 2.41 bits per heavy atom. The number of ether oxygens (including phenoxy) is 1. The average molecular weight is 480 g/mol. The van der Waals surface area contributed by atoms with Gasteiger partial charge in [0.1, 0.15) is 10.5 Å². The van der Waals surface area contributed by atoms with Crippen molar-refractivity contribution in [3.8, 4) is 5.75 Å². The fraction of sp³-hybridized carbons (Fsp3) is 0.370. The largest absolute Gasteiger partial charge is 0.495 e. The van der Waals surface area contributed by atoms with Crippen molar-refractivity contribution in [1.29, 1.82) is 0 Å². The fourth-order valence-corrected chi connectivity index (χ4v) is 5.64. The van der Waals surface area contributed by atoms with E-state index in [1.165, 1.54) is 0 Å². The molecule has 2 aromatic rings. The number of benzene rings is 2. The maximum atomic E-state index is 13.6. The summed E-state index contributed by atoms with van der Waals surface area (Å²) in [6.07, 6.45) is 5.77. The molecule has 1 heterocycles. The molecule has 4 rings (SSSR count). The highest BCUT2D eigenvalue weighted by Gasteiger charge is 2.42. The van der Waals surface area contributed by atoms with Crippen LogP contribution in [0.4, 0.5) is 11.4 Å². The van der Waals surface area contributed by atoms with E-state index in [9.17, 15) is 9.00 Å². The van der Waals surface area contributed by atoms with Crippen LogP contribution >= 0.6 is 0 Å². The first-order valence-corrected chi connectivity index (χ1v) is 13.1. The quantitative estimate of drug-likeness (QED) is 0.680.